The minimum Gasteiger partial charge on any atom is -0.476 e. The zero-order valence-electron chi connectivity index (χ0n) is 7.46. The molecule has 0 aliphatic rings. The van der Waals surface area contributed by atoms with Crippen molar-refractivity contribution >= 4 is 17.3 Å². The molecular formula is C8H12ClN3O. The van der Waals surface area contributed by atoms with Gasteiger partial charge in [0.1, 0.15) is 12.0 Å². The highest BCUT2D eigenvalue weighted by molar-refractivity contribution is 6.32. The van der Waals surface area contributed by atoms with Crippen LogP contribution in [0.25, 0.3) is 0 Å². The first-order valence-corrected chi connectivity index (χ1v) is 4.52. The van der Waals surface area contributed by atoms with Gasteiger partial charge in [-0.3, -0.25) is 0 Å². The second-order valence-corrected chi connectivity index (χ2v) is 2.94. The van der Waals surface area contributed by atoms with Crippen molar-refractivity contribution in [3.63, 3.8) is 0 Å². The van der Waals surface area contributed by atoms with Gasteiger partial charge in [0.05, 0.1) is 6.61 Å². The van der Waals surface area contributed by atoms with Gasteiger partial charge in [0.15, 0.2) is 5.15 Å². The van der Waals surface area contributed by atoms with Crippen molar-refractivity contribution in [3.8, 4) is 5.88 Å². The lowest BCUT2D eigenvalue weighted by atomic mass is 10.4. The summed E-state index contributed by atoms with van der Waals surface area (Å²) in [4.78, 5) is 7.59. The fourth-order valence-corrected chi connectivity index (χ4v) is 0.912. The van der Waals surface area contributed by atoms with Crippen LogP contribution in [0.1, 0.15) is 19.8 Å². The summed E-state index contributed by atoms with van der Waals surface area (Å²) in [7, 11) is 0. The van der Waals surface area contributed by atoms with Crippen molar-refractivity contribution in [2.24, 2.45) is 0 Å². The Kier molecular flexibility index (Phi) is 3.76. The van der Waals surface area contributed by atoms with Crippen molar-refractivity contribution in [1.82, 2.24) is 9.97 Å². The Bertz CT molecular complexity index is 280. The highest BCUT2D eigenvalue weighted by Crippen LogP contribution is 2.23. The van der Waals surface area contributed by atoms with E-state index >= 15 is 0 Å². The average molecular weight is 202 g/mol. The van der Waals surface area contributed by atoms with Gasteiger partial charge >= 0.3 is 0 Å². The van der Waals surface area contributed by atoms with Crippen LogP contribution >= 0.6 is 11.6 Å². The minimum atomic E-state index is 0.237. The Morgan fingerprint density at radius 2 is 2.31 bits per heavy atom. The number of hydrogen-bond donors (Lipinski definition) is 1. The summed E-state index contributed by atoms with van der Waals surface area (Å²) < 4.78 is 5.30. The van der Waals surface area contributed by atoms with Gasteiger partial charge in [-0.1, -0.05) is 24.9 Å². The van der Waals surface area contributed by atoms with Gasteiger partial charge < -0.3 is 10.5 Å². The van der Waals surface area contributed by atoms with Crippen LogP contribution in [0.2, 0.25) is 5.15 Å². The molecule has 1 aromatic rings. The third-order valence-corrected chi connectivity index (χ3v) is 1.84. The second-order valence-electron chi connectivity index (χ2n) is 2.59. The SMILES string of the molecule is CCCCOc1ncnc(Cl)c1N. The molecule has 4 nitrogen and oxygen atoms in total. The number of rotatable bonds is 4. The largest absolute Gasteiger partial charge is 0.476 e. The molecule has 1 aromatic heterocycles. The smallest absolute Gasteiger partial charge is 0.241 e. The van der Waals surface area contributed by atoms with Crippen LogP contribution in [0.5, 0.6) is 5.88 Å². The third kappa shape index (κ3) is 2.73. The maximum Gasteiger partial charge on any atom is 0.241 e. The molecular weight excluding hydrogens is 190 g/mol. The van der Waals surface area contributed by atoms with E-state index in [2.05, 4.69) is 16.9 Å². The van der Waals surface area contributed by atoms with Crippen LogP contribution in [0.3, 0.4) is 0 Å². The molecule has 2 N–H and O–H groups in total. The van der Waals surface area contributed by atoms with E-state index in [-0.39, 0.29) is 5.15 Å². The van der Waals surface area contributed by atoms with Gasteiger partial charge in [-0.15, -0.1) is 0 Å². The van der Waals surface area contributed by atoms with E-state index in [9.17, 15) is 0 Å². The molecule has 0 unspecified atom stereocenters. The molecule has 0 fully saturated rings. The van der Waals surface area contributed by atoms with E-state index < -0.39 is 0 Å². The minimum absolute atomic E-state index is 0.237. The molecule has 0 amide bonds. The van der Waals surface area contributed by atoms with Crippen LogP contribution in [0.4, 0.5) is 5.69 Å². The van der Waals surface area contributed by atoms with Crippen molar-refractivity contribution in [2.75, 3.05) is 12.3 Å². The van der Waals surface area contributed by atoms with E-state index in [1.54, 1.807) is 0 Å². The number of nitrogen functional groups attached to an aromatic ring is 1. The van der Waals surface area contributed by atoms with Gasteiger partial charge in [0.25, 0.3) is 0 Å². The van der Waals surface area contributed by atoms with Gasteiger partial charge in [0, 0.05) is 0 Å². The lowest BCUT2D eigenvalue weighted by molar-refractivity contribution is 0.299. The summed E-state index contributed by atoms with van der Waals surface area (Å²) in [5.74, 6) is 0.369. The highest BCUT2D eigenvalue weighted by Gasteiger charge is 2.05. The van der Waals surface area contributed by atoms with Crippen LogP contribution in [0.15, 0.2) is 6.33 Å². The van der Waals surface area contributed by atoms with Gasteiger partial charge in [-0.2, -0.15) is 4.98 Å². The summed E-state index contributed by atoms with van der Waals surface area (Å²) in [5, 5.41) is 0.237. The van der Waals surface area contributed by atoms with Crippen LogP contribution in [-0.4, -0.2) is 16.6 Å². The number of unbranched alkanes of at least 4 members (excludes halogenated alkanes) is 1. The maximum absolute atomic E-state index is 5.67. The Balaban J connectivity index is 2.61. The molecule has 0 saturated heterocycles. The van der Waals surface area contributed by atoms with E-state index in [4.69, 9.17) is 22.1 Å². The van der Waals surface area contributed by atoms with Crippen LogP contribution in [0, 0.1) is 0 Å². The summed E-state index contributed by atoms with van der Waals surface area (Å²) in [6.45, 7) is 2.69. The molecule has 13 heavy (non-hydrogen) atoms. The predicted octanol–water partition coefficient (Wildman–Crippen LogP) is 1.89. The molecule has 0 aliphatic carbocycles. The Labute approximate surface area is 82.1 Å². The first-order valence-electron chi connectivity index (χ1n) is 4.14. The van der Waals surface area contributed by atoms with Gasteiger partial charge in [-0.05, 0) is 6.42 Å². The van der Waals surface area contributed by atoms with Crippen molar-refractivity contribution < 1.29 is 4.74 Å². The molecule has 0 spiro atoms. The third-order valence-electron chi connectivity index (χ3n) is 1.54. The van der Waals surface area contributed by atoms with E-state index in [0.29, 0.717) is 18.2 Å². The first-order chi connectivity index (χ1) is 6.25. The fraction of sp³-hybridized carbons (Fsp3) is 0.500. The Hall–Kier alpha value is -1.03. The Morgan fingerprint density at radius 1 is 1.54 bits per heavy atom. The number of anilines is 1. The van der Waals surface area contributed by atoms with E-state index in [1.165, 1.54) is 6.33 Å². The molecule has 0 aliphatic heterocycles. The maximum atomic E-state index is 5.67. The number of halogens is 1. The summed E-state index contributed by atoms with van der Waals surface area (Å²) in [6, 6.07) is 0. The molecule has 5 heteroatoms. The summed E-state index contributed by atoms with van der Waals surface area (Å²) >= 11 is 5.67. The zero-order chi connectivity index (χ0) is 9.68. The lowest BCUT2D eigenvalue weighted by Gasteiger charge is -2.06. The molecule has 0 bridgehead atoms. The standard InChI is InChI=1S/C8H12ClN3O/c1-2-3-4-13-8-6(10)7(9)11-5-12-8/h5H,2-4,10H2,1H3. The number of nitrogens with two attached hydrogens (primary N) is 1. The molecule has 0 saturated carbocycles. The normalized spacial score (nSPS) is 10.0. The van der Waals surface area contributed by atoms with Crippen molar-refractivity contribution in [2.45, 2.75) is 19.8 Å². The predicted molar refractivity (Wildman–Crippen MR) is 51.9 cm³/mol. The van der Waals surface area contributed by atoms with Crippen molar-refractivity contribution in [3.05, 3.63) is 11.5 Å². The molecule has 0 aromatic carbocycles. The first kappa shape index (κ1) is 10.1. The fourth-order valence-electron chi connectivity index (χ4n) is 0.788. The quantitative estimate of drug-likeness (QED) is 0.597. The lowest BCUT2D eigenvalue weighted by Crippen LogP contribution is -2.03. The van der Waals surface area contributed by atoms with Gasteiger partial charge in [0.2, 0.25) is 5.88 Å². The summed E-state index contributed by atoms with van der Waals surface area (Å²) in [5.41, 5.74) is 5.89. The van der Waals surface area contributed by atoms with E-state index in [0.717, 1.165) is 12.8 Å². The van der Waals surface area contributed by atoms with Crippen LogP contribution in [-0.2, 0) is 0 Å². The summed E-state index contributed by atoms with van der Waals surface area (Å²) in [6.07, 6.45) is 3.37. The van der Waals surface area contributed by atoms with Crippen molar-refractivity contribution in [1.29, 1.82) is 0 Å². The number of ether oxygens (including phenoxy) is 1. The molecule has 0 atom stereocenters. The number of nitrogens with zero attached hydrogens (tertiary/aromatic N) is 2. The Morgan fingerprint density at radius 3 is 3.00 bits per heavy atom. The molecule has 1 rings (SSSR count). The monoisotopic (exact) mass is 201 g/mol. The average Bonchev–Trinajstić information content (AvgIpc) is 2.13. The second kappa shape index (κ2) is 4.87. The number of hydrogen-bond acceptors (Lipinski definition) is 4. The van der Waals surface area contributed by atoms with Crippen LogP contribution < -0.4 is 10.5 Å². The zero-order valence-corrected chi connectivity index (χ0v) is 8.21. The number of aromatic nitrogens is 2. The molecule has 0 radical (unpaired) electrons. The highest BCUT2D eigenvalue weighted by atomic mass is 35.5. The topological polar surface area (TPSA) is 61.0 Å². The molecule has 72 valence electrons. The van der Waals surface area contributed by atoms with E-state index in [1.807, 2.05) is 0 Å². The van der Waals surface area contributed by atoms with Gasteiger partial charge in [-0.25, -0.2) is 4.98 Å². The molecule has 1 heterocycles.